The van der Waals surface area contributed by atoms with Crippen LogP contribution in [0.4, 0.5) is 0 Å². The van der Waals surface area contributed by atoms with Gasteiger partial charge in [-0.3, -0.25) is 4.79 Å². The van der Waals surface area contributed by atoms with Crippen LogP contribution >= 0.6 is 0 Å². The van der Waals surface area contributed by atoms with Gasteiger partial charge in [-0.1, -0.05) is 0 Å². The molecular formula is C14H16O7. The third-order valence-electron chi connectivity index (χ3n) is 2.68. The number of esters is 1. The highest BCUT2D eigenvalue weighted by Crippen LogP contribution is 2.37. The number of hydrogen-bond acceptors (Lipinski definition) is 6. The number of carbonyl (C=O) groups is 2. The van der Waals surface area contributed by atoms with Crippen LogP contribution < -0.4 is 9.47 Å². The van der Waals surface area contributed by atoms with Crippen molar-refractivity contribution in [3.05, 3.63) is 23.3 Å². The van der Waals surface area contributed by atoms with Crippen LogP contribution in [0.1, 0.15) is 12.0 Å². The number of methoxy groups -OCH3 is 3. The second kappa shape index (κ2) is 7.18. The first-order chi connectivity index (χ1) is 9.92. The predicted molar refractivity (Wildman–Crippen MR) is 73.5 cm³/mol. The highest BCUT2D eigenvalue weighted by molar-refractivity contribution is 5.97. The number of phenolic OH excluding ortho intramolecular Hbond substituents is 1. The van der Waals surface area contributed by atoms with E-state index in [0.717, 1.165) is 0 Å². The molecule has 0 saturated carbocycles. The molecule has 21 heavy (non-hydrogen) atoms. The lowest BCUT2D eigenvalue weighted by atomic mass is 10.1. The average Bonchev–Trinajstić information content (AvgIpc) is 2.47. The maximum absolute atomic E-state index is 11.2. The van der Waals surface area contributed by atoms with E-state index in [0.29, 0.717) is 5.56 Å². The monoisotopic (exact) mass is 296 g/mol. The van der Waals surface area contributed by atoms with Gasteiger partial charge in [0.25, 0.3) is 0 Å². The molecule has 0 radical (unpaired) electrons. The van der Waals surface area contributed by atoms with Crippen molar-refractivity contribution in [3.8, 4) is 17.2 Å². The standard InChI is InChI=1S/C14H16O7/c1-19-10-5-8(6-11(20-2)13(10)16)4-9(14(17)18)7-12(15)21-3/h4-6,16H,7H2,1-3H3,(H,17,18). The van der Waals surface area contributed by atoms with Crippen LogP contribution in [-0.2, 0) is 14.3 Å². The van der Waals surface area contributed by atoms with Crippen molar-refractivity contribution < 1.29 is 34.0 Å². The molecule has 0 aliphatic carbocycles. The van der Waals surface area contributed by atoms with E-state index in [4.69, 9.17) is 14.6 Å². The summed E-state index contributed by atoms with van der Waals surface area (Å²) in [4.78, 5) is 22.3. The molecule has 7 heteroatoms. The number of hydrogen-bond donors (Lipinski definition) is 2. The minimum Gasteiger partial charge on any atom is -0.502 e. The highest BCUT2D eigenvalue weighted by atomic mass is 16.5. The first-order valence-electron chi connectivity index (χ1n) is 5.88. The van der Waals surface area contributed by atoms with Crippen LogP contribution in [0.25, 0.3) is 6.08 Å². The number of carboxylic acid groups (broad SMARTS) is 1. The summed E-state index contributed by atoms with van der Waals surface area (Å²) >= 11 is 0. The lowest BCUT2D eigenvalue weighted by molar-refractivity contribution is -0.142. The minimum atomic E-state index is -1.24. The van der Waals surface area contributed by atoms with Crippen LogP contribution in [0.2, 0.25) is 0 Å². The van der Waals surface area contributed by atoms with Gasteiger partial charge in [-0.2, -0.15) is 0 Å². The number of carbonyl (C=O) groups excluding carboxylic acids is 1. The van der Waals surface area contributed by atoms with E-state index in [2.05, 4.69) is 4.74 Å². The van der Waals surface area contributed by atoms with Gasteiger partial charge < -0.3 is 24.4 Å². The summed E-state index contributed by atoms with van der Waals surface area (Å²) in [5, 5.41) is 18.9. The van der Waals surface area contributed by atoms with Crippen molar-refractivity contribution in [2.75, 3.05) is 21.3 Å². The Hall–Kier alpha value is -2.70. The molecule has 0 aromatic heterocycles. The van der Waals surface area contributed by atoms with E-state index in [1.807, 2.05) is 0 Å². The third kappa shape index (κ3) is 4.13. The molecule has 2 N–H and O–H groups in total. The van der Waals surface area contributed by atoms with Gasteiger partial charge in [0, 0.05) is 5.57 Å². The molecule has 1 rings (SSSR count). The summed E-state index contributed by atoms with van der Waals surface area (Å²) in [6.45, 7) is 0. The lowest BCUT2D eigenvalue weighted by Crippen LogP contribution is -2.08. The third-order valence-corrected chi connectivity index (χ3v) is 2.68. The van der Waals surface area contributed by atoms with Crippen LogP contribution in [0.3, 0.4) is 0 Å². The highest BCUT2D eigenvalue weighted by Gasteiger charge is 2.15. The van der Waals surface area contributed by atoms with E-state index < -0.39 is 11.9 Å². The number of benzene rings is 1. The van der Waals surface area contributed by atoms with Gasteiger partial charge in [-0.05, 0) is 23.8 Å². The smallest absolute Gasteiger partial charge is 0.332 e. The summed E-state index contributed by atoms with van der Waals surface area (Å²) in [5.41, 5.74) is 0.249. The zero-order chi connectivity index (χ0) is 16.0. The molecule has 1 aromatic carbocycles. The van der Waals surface area contributed by atoms with Crippen molar-refractivity contribution in [2.45, 2.75) is 6.42 Å². The van der Waals surface area contributed by atoms with Crippen LogP contribution in [-0.4, -0.2) is 43.5 Å². The molecule has 0 aliphatic rings. The average molecular weight is 296 g/mol. The van der Waals surface area contributed by atoms with Crippen LogP contribution in [0.15, 0.2) is 17.7 Å². The Morgan fingerprint density at radius 1 is 1.14 bits per heavy atom. The molecule has 0 heterocycles. The Morgan fingerprint density at radius 3 is 2.05 bits per heavy atom. The van der Waals surface area contributed by atoms with E-state index >= 15 is 0 Å². The number of aliphatic carboxylic acids is 1. The fraction of sp³-hybridized carbons (Fsp3) is 0.286. The summed E-state index contributed by atoms with van der Waals surface area (Å²) in [6.07, 6.45) is 0.904. The van der Waals surface area contributed by atoms with E-state index in [1.165, 1.54) is 39.5 Å². The summed E-state index contributed by atoms with van der Waals surface area (Å²) < 4.78 is 14.4. The predicted octanol–water partition coefficient (Wildman–Crippen LogP) is 1.44. The normalized spacial score (nSPS) is 10.9. The van der Waals surface area contributed by atoms with Crippen LogP contribution in [0, 0.1) is 0 Å². The number of aromatic hydroxyl groups is 1. The molecule has 0 unspecified atom stereocenters. The number of ether oxygens (including phenoxy) is 3. The maximum atomic E-state index is 11.2. The zero-order valence-corrected chi connectivity index (χ0v) is 11.9. The van der Waals surface area contributed by atoms with Gasteiger partial charge in [0.1, 0.15) is 0 Å². The van der Waals surface area contributed by atoms with Crippen molar-refractivity contribution >= 4 is 18.0 Å². The largest absolute Gasteiger partial charge is 0.502 e. The van der Waals surface area contributed by atoms with Crippen molar-refractivity contribution in [3.63, 3.8) is 0 Å². The van der Waals surface area contributed by atoms with Gasteiger partial charge >= 0.3 is 11.9 Å². The molecule has 114 valence electrons. The fourth-order valence-electron chi connectivity index (χ4n) is 1.61. The Balaban J connectivity index is 3.26. The number of phenols is 1. The minimum absolute atomic E-state index is 0.128. The molecule has 0 amide bonds. The first-order valence-corrected chi connectivity index (χ1v) is 5.88. The molecule has 0 atom stereocenters. The number of rotatable bonds is 6. The maximum Gasteiger partial charge on any atom is 0.332 e. The van der Waals surface area contributed by atoms with Gasteiger partial charge in [-0.15, -0.1) is 0 Å². The molecule has 0 saturated heterocycles. The van der Waals surface area contributed by atoms with Gasteiger partial charge in [0.05, 0.1) is 27.8 Å². The molecular weight excluding hydrogens is 280 g/mol. The molecule has 0 spiro atoms. The molecule has 0 aliphatic heterocycles. The van der Waals surface area contributed by atoms with Gasteiger partial charge in [0.2, 0.25) is 5.75 Å². The van der Waals surface area contributed by atoms with Crippen molar-refractivity contribution in [1.29, 1.82) is 0 Å². The SMILES string of the molecule is COC(=O)CC(=Cc1cc(OC)c(O)c(OC)c1)C(=O)O. The van der Waals surface area contributed by atoms with Crippen LogP contribution in [0.5, 0.6) is 17.2 Å². The second-order valence-electron chi connectivity index (χ2n) is 4.00. The van der Waals surface area contributed by atoms with E-state index in [-0.39, 0.29) is 29.2 Å². The quantitative estimate of drug-likeness (QED) is 0.605. The van der Waals surface area contributed by atoms with Crippen molar-refractivity contribution in [1.82, 2.24) is 0 Å². The lowest BCUT2D eigenvalue weighted by Gasteiger charge is -2.10. The Morgan fingerprint density at radius 2 is 1.67 bits per heavy atom. The van der Waals surface area contributed by atoms with E-state index in [1.54, 1.807) is 0 Å². The Kier molecular flexibility index (Phi) is 5.59. The molecule has 0 fully saturated rings. The summed E-state index contributed by atoms with van der Waals surface area (Å²) in [5.74, 6) is -1.85. The van der Waals surface area contributed by atoms with Crippen molar-refractivity contribution in [2.24, 2.45) is 0 Å². The van der Waals surface area contributed by atoms with Gasteiger partial charge in [-0.25, -0.2) is 4.79 Å². The topological polar surface area (TPSA) is 102 Å². The molecule has 0 bridgehead atoms. The fourth-order valence-corrected chi connectivity index (χ4v) is 1.61. The Labute approximate surface area is 121 Å². The van der Waals surface area contributed by atoms with E-state index in [9.17, 15) is 14.7 Å². The second-order valence-corrected chi connectivity index (χ2v) is 4.00. The van der Waals surface area contributed by atoms with Gasteiger partial charge in [0.15, 0.2) is 11.5 Å². The first kappa shape index (κ1) is 16.4. The summed E-state index contributed by atoms with van der Waals surface area (Å²) in [6, 6.07) is 2.86. The molecule has 1 aromatic rings. The zero-order valence-electron chi connectivity index (χ0n) is 11.9. The molecule has 7 nitrogen and oxygen atoms in total. The number of carboxylic acids is 1. The Bertz CT molecular complexity index is 550. The summed E-state index contributed by atoms with van der Waals surface area (Å²) in [7, 11) is 3.89.